The minimum Gasteiger partial charge on any atom is -0.352 e. The SMILES string of the molecule is Cc1ccc(Cl)c(NC(=O)N2CCN(c3ccc(-c4ccc(Cl)cc4Cl)nn3)CC2)c1. The van der Waals surface area contributed by atoms with Crippen LogP contribution in [0.15, 0.2) is 48.5 Å². The lowest BCUT2D eigenvalue weighted by atomic mass is 10.1. The summed E-state index contributed by atoms with van der Waals surface area (Å²) in [7, 11) is 0. The summed E-state index contributed by atoms with van der Waals surface area (Å²) < 4.78 is 0. The molecule has 0 spiro atoms. The number of carbonyl (C=O) groups excluding carboxylic acids is 1. The Balaban J connectivity index is 1.37. The third kappa shape index (κ3) is 5.03. The summed E-state index contributed by atoms with van der Waals surface area (Å²) >= 11 is 18.4. The number of aromatic nitrogens is 2. The van der Waals surface area contributed by atoms with Crippen LogP contribution in [0.2, 0.25) is 15.1 Å². The van der Waals surface area contributed by atoms with E-state index in [2.05, 4.69) is 20.4 Å². The number of nitrogens with zero attached hydrogens (tertiary/aromatic N) is 4. The topological polar surface area (TPSA) is 61.4 Å². The fourth-order valence-corrected chi connectivity index (χ4v) is 4.07. The van der Waals surface area contributed by atoms with Gasteiger partial charge in [0.1, 0.15) is 0 Å². The van der Waals surface area contributed by atoms with Crippen LogP contribution in [0.25, 0.3) is 11.3 Å². The Morgan fingerprint density at radius 2 is 1.68 bits per heavy atom. The molecule has 1 N–H and O–H groups in total. The van der Waals surface area contributed by atoms with Crippen LogP contribution in [-0.2, 0) is 0 Å². The van der Waals surface area contributed by atoms with Gasteiger partial charge in [0.15, 0.2) is 5.82 Å². The minimum atomic E-state index is -0.161. The van der Waals surface area contributed by atoms with Gasteiger partial charge in [0.25, 0.3) is 0 Å². The molecule has 6 nitrogen and oxygen atoms in total. The first-order valence-corrected chi connectivity index (χ1v) is 10.9. The fourth-order valence-electron chi connectivity index (χ4n) is 3.40. The maximum absolute atomic E-state index is 12.6. The molecular formula is C22H20Cl3N5O. The summed E-state index contributed by atoms with van der Waals surface area (Å²) in [5.74, 6) is 0.760. The molecule has 1 aromatic heterocycles. The lowest BCUT2D eigenvalue weighted by Gasteiger charge is -2.35. The Bertz CT molecular complexity index is 1100. The normalized spacial score (nSPS) is 13.9. The number of nitrogens with one attached hydrogen (secondary N) is 1. The van der Waals surface area contributed by atoms with E-state index >= 15 is 0 Å². The number of anilines is 2. The van der Waals surface area contributed by atoms with Crippen molar-refractivity contribution in [1.29, 1.82) is 0 Å². The van der Waals surface area contributed by atoms with Crippen molar-refractivity contribution in [3.63, 3.8) is 0 Å². The van der Waals surface area contributed by atoms with E-state index < -0.39 is 0 Å². The van der Waals surface area contributed by atoms with E-state index in [4.69, 9.17) is 34.8 Å². The molecule has 1 aliphatic heterocycles. The molecule has 1 saturated heterocycles. The molecule has 2 heterocycles. The molecular weight excluding hydrogens is 457 g/mol. The summed E-state index contributed by atoms with van der Waals surface area (Å²) in [6.07, 6.45) is 0. The van der Waals surface area contributed by atoms with Gasteiger partial charge in [0.05, 0.1) is 21.4 Å². The number of piperazine rings is 1. The van der Waals surface area contributed by atoms with Gasteiger partial charge in [-0.3, -0.25) is 0 Å². The van der Waals surface area contributed by atoms with Crippen molar-refractivity contribution in [3.8, 4) is 11.3 Å². The van der Waals surface area contributed by atoms with Crippen LogP contribution in [0.5, 0.6) is 0 Å². The van der Waals surface area contributed by atoms with Crippen molar-refractivity contribution >= 4 is 52.3 Å². The predicted octanol–water partition coefficient (Wildman–Crippen LogP) is 5.77. The number of aryl methyl sites for hydroxylation is 1. The van der Waals surface area contributed by atoms with E-state index in [0.717, 1.165) is 16.9 Å². The van der Waals surface area contributed by atoms with E-state index in [1.165, 1.54) is 0 Å². The van der Waals surface area contributed by atoms with Crippen molar-refractivity contribution in [2.24, 2.45) is 0 Å². The Kier molecular flexibility index (Phi) is 6.51. The Labute approximate surface area is 195 Å². The van der Waals surface area contributed by atoms with Gasteiger partial charge in [-0.15, -0.1) is 10.2 Å². The summed E-state index contributed by atoms with van der Waals surface area (Å²) in [6.45, 7) is 4.41. The maximum atomic E-state index is 12.6. The first kappa shape index (κ1) is 21.7. The van der Waals surface area contributed by atoms with Crippen LogP contribution in [-0.4, -0.2) is 47.3 Å². The van der Waals surface area contributed by atoms with Crippen molar-refractivity contribution in [2.75, 3.05) is 36.4 Å². The monoisotopic (exact) mass is 475 g/mol. The van der Waals surface area contributed by atoms with E-state index in [1.54, 1.807) is 23.1 Å². The van der Waals surface area contributed by atoms with Crippen LogP contribution in [0, 0.1) is 6.92 Å². The lowest BCUT2D eigenvalue weighted by molar-refractivity contribution is 0.208. The molecule has 3 aromatic rings. The van der Waals surface area contributed by atoms with Crippen LogP contribution in [0.4, 0.5) is 16.3 Å². The average Bonchev–Trinajstić information content (AvgIpc) is 2.77. The van der Waals surface area contributed by atoms with E-state index in [0.29, 0.717) is 52.6 Å². The lowest BCUT2D eigenvalue weighted by Crippen LogP contribution is -2.50. The van der Waals surface area contributed by atoms with Crippen molar-refractivity contribution in [2.45, 2.75) is 6.92 Å². The number of halogens is 3. The maximum Gasteiger partial charge on any atom is 0.322 e. The zero-order valence-electron chi connectivity index (χ0n) is 16.8. The van der Waals surface area contributed by atoms with Gasteiger partial charge in [-0.2, -0.15) is 0 Å². The predicted molar refractivity (Wildman–Crippen MR) is 126 cm³/mol. The highest BCUT2D eigenvalue weighted by Gasteiger charge is 2.23. The van der Waals surface area contributed by atoms with Crippen LogP contribution in [0.1, 0.15) is 5.56 Å². The largest absolute Gasteiger partial charge is 0.352 e. The van der Waals surface area contributed by atoms with Crippen LogP contribution in [0.3, 0.4) is 0 Å². The fraction of sp³-hybridized carbons (Fsp3) is 0.227. The molecule has 31 heavy (non-hydrogen) atoms. The molecule has 0 aliphatic carbocycles. The second-order valence-corrected chi connectivity index (χ2v) is 8.54. The Morgan fingerprint density at radius 3 is 2.35 bits per heavy atom. The van der Waals surface area contributed by atoms with Crippen molar-refractivity contribution < 1.29 is 4.79 Å². The number of hydrogen-bond donors (Lipinski definition) is 1. The number of urea groups is 1. The molecule has 2 amide bonds. The zero-order chi connectivity index (χ0) is 22.0. The summed E-state index contributed by atoms with van der Waals surface area (Å²) in [5.41, 5.74) is 3.11. The highest BCUT2D eigenvalue weighted by atomic mass is 35.5. The number of carbonyl (C=O) groups is 1. The number of benzene rings is 2. The highest BCUT2D eigenvalue weighted by Crippen LogP contribution is 2.29. The van der Waals surface area contributed by atoms with Gasteiger partial charge in [-0.25, -0.2) is 4.79 Å². The Morgan fingerprint density at radius 1 is 0.903 bits per heavy atom. The number of rotatable bonds is 3. The van der Waals surface area contributed by atoms with Gasteiger partial charge in [0.2, 0.25) is 0 Å². The molecule has 0 unspecified atom stereocenters. The van der Waals surface area contributed by atoms with Gasteiger partial charge in [0, 0.05) is 36.8 Å². The molecule has 1 fully saturated rings. The quantitative estimate of drug-likeness (QED) is 0.521. The summed E-state index contributed by atoms with van der Waals surface area (Å²) in [4.78, 5) is 16.5. The molecule has 1 aliphatic rings. The molecule has 0 bridgehead atoms. The molecule has 2 aromatic carbocycles. The first-order chi connectivity index (χ1) is 14.9. The molecule has 9 heteroatoms. The van der Waals surface area contributed by atoms with Gasteiger partial charge in [-0.1, -0.05) is 40.9 Å². The van der Waals surface area contributed by atoms with Crippen molar-refractivity contribution in [1.82, 2.24) is 15.1 Å². The summed E-state index contributed by atoms with van der Waals surface area (Å²) in [6, 6.07) is 14.5. The number of amides is 2. The average molecular weight is 477 g/mol. The molecule has 4 rings (SSSR count). The smallest absolute Gasteiger partial charge is 0.322 e. The molecule has 0 saturated carbocycles. The minimum absolute atomic E-state index is 0.161. The zero-order valence-corrected chi connectivity index (χ0v) is 19.0. The third-order valence-corrected chi connectivity index (χ3v) is 5.99. The Hall–Kier alpha value is -2.54. The summed E-state index contributed by atoms with van der Waals surface area (Å²) in [5, 5.41) is 13.2. The number of hydrogen-bond acceptors (Lipinski definition) is 4. The molecule has 0 atom stereocenters. The van der Waals surface area contributed by atoms with E-state index in [9.17, 15) is 4.79 Å². The second-order valence-electron chi connectivity index (χ2n) is 7.29. The highest BCUT2D eigenvalue weighted by molar-refractivity contribution is 6.36. The van der Waals surface area contributed by atoms with Crippen LogP contribution < -0.4 is 10.2 Å². The molecule has 0 radical (unpaired) electrons. The van der Waals surface area contributed by atoms with Gasteiger partial charge >= 0.3 is 6.03 Å². The van der Waals surface area contributed by atoms with E-state index in [-0.39, 0.29) is 6.03 Å². The standard InChI is InChI=1S/C22H20Cl3N5O/c1-14-2-5-17(24)20(12-14)26-22(31)30-10-8-29(9-11-30)21-7-6-19(27-28-21)16-4-3-15(23)13-18(16)25/h2-7,12-13H,8-11H2,1H3,(H,26,31). The van der Waals surface area contributed by atoms with Crippen molar-refractivity contribution in [3.05, 3.63) is 69.2 Å². The second kappa shape index (κ2) is 9.30. The van der Waals surface area contributed by atoms with Crippen LogP contribution >= 0.6 is 34.8 Å². The van der Waals surface area contributed by atoms with Gasteiger partial charge in [-0.05, 0) is 55.0 Å². The first-order valence-electron chi connectivity index (χ1n) is 9.77. The van der Waals surface area contributed by atoms with Gasteiger partial charge < -0.3 is 15.1 Å². The molecule has 160 valence electrons. The van der Waals surface area contributed by atoms with E-state index in [1.807, 2.05) is 37.3 Å². The third-order valence-electron chi connectivity index (χ3n) is 5.11.